The molecule has 1 fully saturated rings. The summed E-state index contributed by atoms with van der Waals surface area (Å²) in [5.41, 5.74) is -0.139. The molecule has 0 spiro atoms. The van der Waals surface area contributed by atoms with Gasteiger partial charge in [0.25, 0.3) is 5.56 Å². The second-order valence-electron chi connectivity index (χ2n) is 8.17. The highest BCUT2D eigenvalue weighted by Crippen LogP contribution is 2.33. The second-order valence-corrected chi connectivity index (χ2v) is 9.11. The van der Waals surface area contributed by atoms with Crippen LogP contribution < -0.4 is 5.56 Å². The summed E-state index contributed by atoms with van der Waals surface area (Å²) >= 11 is 1.28. The number of carbonyl (C=O) groups excluding carboxylic acids is 1. The highest BCUT2D eigenvalue weighted by Gasteiger charge is 2.38. The molecule has 1 saturated carbocycles. The van der Waals surface area contributed by atoms with E-state index in [1.807, 2.05) is 18.2 Å². The zero-order valence-corrected chi connectivity index (χ0v) is 18.2. The molecule has 1 amide bonds. The van der Waals surface area contributed by atoms with Gasteiger partial charge in [-0.2, -0.15) is 5.26 Å². The third-order valence-corrected chi connectivity index (χ3v) is 6.57. The van der Waals surface area contributed by atoms with E-state index in [0.717, 1.165) is 32.1 Å². The lowest BCUT2D eigenvalue weighted by Crippen LogP contribution is -2.50. The number of nitrogens with zero attached hydrogens (tertiary/aromatic N) is 4. The lowest BCUT2D eigenvalue weighted by atomic mass is 9.81. The molecule has 0 radical (unpaired) electrons. The van der Waals surface area contributed by atoms with Crippen molar-refractivity contribution < 1.29 is 4.79 Å². The average molecular weight is 413 g/mol. The van der Waals surface area contributed by atoms with Gasteiger partial charge < -0.3 is 4.90 Å². The highest BCUT2D eigenvalue weighted by atomic mass is 32.2. The summed E-state index contributed by atoms with van der Waals surface area (Å²) < 4.78 is 1.67. The van der Waals surface area contributed by atoms with E-state index in [1.54, 1.807) is 22.6 Å². The Morgan fingerprint density at radius 3 is 2.66 bits per heavy atom. The molecule has 0 unspecified atom stereocenters. The van der Waals surface area contributed by atoms with Gasteiger partial charge in [-0.3, -0.25) is 14.2 Å². The predicted molar refractivity (Wildman–Crippen MR) is 116 cm³/mol. The number of nitriles is 1. The summed E-state index contributed by atoms with van der Waals surface area (Å²) in [6, 6.07) is 9.69. The van der Waals surface area contributed by atoms with Crippen molar-refractivity contribution in [3.63, 3.8) is 0 Å². The predicted octanol–water partition coefficient (Wildman–Crippen LogP) is 3.83. The zero-order chi connectivity index (χ0) is 21.0. The van der Waals surface area contributed by atoms with E-state index in [4.69, 9.17) is 0 Å². The number of rotatable bonds is 6. The number of amides is 1. The quantitative estimate of drug-likeness (QED) is 0.532. The molecular formula is C22H28N4O2S. The average Bonchev–Trinajstić information content (AvgIpc) is 2.74. The van der Waals surface area contributed by atoms with Crippen molar-refractivity contribution in [3.05, 3.63) is 34.6 Å². The van der Waals surface area contributed by atoms with Crippen LogP contribution in [0.4, 0.5) is 0 Å². The molecule has 1 aromatic heterocycles. The molecule has 1 aliphatic carbocycles. The Kier molecular flexibility index (Phi) is 6.63. The molecule has 0 saturated heterocycles. The summed E-state index contributed by atoms with van der Waals surface area (Å²) in [4.78, 5) is 32.2. The number of para-hydroxylation sites is 1. The monoisotopic (exact) mass is 412 g/mol. The van der Waals surface area contributed by atoms with Gasteiger partial charge in [0.2, 0.25) is 5.91 Å². The Hall–Kier alpha value is -2.33. The summed E-state index contributed by atoms with van der Waals surface area (Å²) in [5.74, 6) is 0.331. The van der Waals surface area contributed by atoms with Gasteiger partial charge in [-0.15, -0.1) is 0 Å². The molecule has 29 heavy (non-hydrogen) atoms. The van der Waals surface area contributed by atoms with E-state index in [1.165, 1.54) is 11.8 Å². The molecule has 0 atom stereocenters. The number of fused-ring (bicyclic) bond motifs is 1. The smallest absolute Gasteiger partial charge is 0.262 e. The van der Waals surface area contributed by atoms with Gasteiger partial charge in [0.1, 0.15) is 5.54 Å². The second kappa shape index (κ2) is 9.00. The SMILES string of the molecule is CC(C)Cn1c(SCC(=O)N(C)C2(C#N)CCCCC2)nc2ccccc2c1=O. The number of hydrogen-bond donors (Lipinski definition) is 0. The van der Waals surface area contributed by atoms with Gasteiger partial charge in [0.05, 0.1) is 22.7 Å². The van der Waals surface area contributed by atoms with Crippen molar-refractivity contribution in [2.75, 3.05) is 12.8 Å². The molecule has 154 valence electrons. The van der Waals surface area contributed by atoms with E-state index in [9.17, 15) is 14.9 Å². The van der Waals surface area contributed by atoms with Crippen molar-refractivity contribution in [2.24, 2.45) is 5.92 Å². The number of carbonyl (C=O) groups is 1. The molecule has 1 heterocycles. The minimum absolute atomic E-state index is 0.0756. The maximum atomic E-state index is 13.0. The third-order valence-electron chi connectivity index (χ3n) is 5.60. The van der Waals surface area contributed by atoms with E-state index in [2.05, 4.69) is 24.9 Å². The molecule has 0 aliphatic heterocycles. The summed E-state index contributed by atoms with van der Waals surface area (Å²) in [5, 5.41) is 10.9. The van der Waals surface area contributed by atoms with Crippen LogP contribution in [0.5, 0.6) is 0 Å². The Balaban J connectivity index is 1.85. The van der Waals surface area contributed by atoms with Gasteiger partial charge in [-0.25, -0.2) is 4.98 Å². The maximum absolute atomic E-state index is 13.0. The summed E-state index contributed by atoms with van der Waals surface area (Å²) in [7, 11) is 1.73. The first-order chi connectivity index (χ1) is 13.9. The summed E-state index contributed by atoms with van der Waals surface area (Å²) in [6.07, 6.45) is 4.51. The van der Waals surface area contributed by atoms with Crippen molar-refractivity contribution in [1.82, 2.24) is 14.5 Å². The van der Waals surface area contributed by atoms with Crippen molar-refractivity contribution in [2.45, 2.75) is 63.2 Å². The van der Waals surface area contributed by atoms with Crippen molar-refractivity contribution in [1.29, 1.82) is 5.26 Å². The first kappa shape index (κ1) is 21.4. The first-order valence-electron chi connectivity index (χ1n) is 10.2. The fourth-order valence-electron chi connectivity index (χ4n) is 3.90. The number of aromatic nitrogens is 2. The van der Waals surface area contributed by atoms with Crippen LogP contribution in [0, 0.1) is 17.2 Å². The number of benzene rings is 1. The Morgan fingerprint density at radius 2 is 2.00 bits per heavy atom. The van der Waals surface area contributed by atoms with Crippen LogP contribution in [0.2, 0.25) is 0 Å². The summed E-state index contributed by atoms with van der Waals surface area (Å²) in [6.45, 7) is 4.65. The maximum Gasteiger partial charge on any atom is 0.262 e. The fraction of sp³-hybridized carbons (Fsp3) is 0.545. The lowest BCUT2D eigenvalue weighted by molar-refractivity contribution is -0.131. The molecule has 2 aromatic rings. The Labute approximate surface area is 175 Å². The molecule has 7 heteroatoms. The number of hydrogen-bond acceptors (Lipinski definition) is 5. The molecular weight excluding hydrogens is 384 g/mol. The van der Waals surface area contributed by atoms with Crippen LogP contribution in [0.3, 0.4) is 0 Å². The van der Waals surface area contributed by atoms with Gasteiger partial charge in [0, 0.05) is 13.6 Å². The van der Waals surface area contributed by atoms with E-state index >= 15 is 0 Å². The van der Waals surface area contributed by atoms with Crippen LogP contribution >= 0.6 is 11.8 Å². The normalized spacial score (nSPS) is 16.0. The molecule has 3 rings (SSSR count). The zero-order valence-electron chi connectivity index (χ0n) is 17.4. The van der Waals surface area contributed by atoms with Crippen LogP contribution in [0.15, 0.2) is 34.2 Å². The van der Waals surface area contributed by atoms with Gasteiger partial charge >= 0.3 is 0 Å². The van der Waals surface area contributed by atoms with Crippen molar-refractivity contribution >= 4 is 28.6 Å². The molecule has 0 N–H and O–H groups in total. The first-order valence-corrected chi connectivity index (χ1v) is 11.2. The van der Waals surface area contributed by atoms with E-state index in [0.29, 0.717) is 22.6 Å². The van der Waals surface area contributed by atoms with Gasteiger partial charge in [0.15, 0.2) is 5.16 Å². The molecule has 0 bridgehead atoms. The molecule has 6 nitrogen and oxygen atoms in total. The third kappa shape index (κ3) is 4.48. The minimum atomic E-state index is -0.704. The minimum Gasteiger partial charge on any atom is -0.326 e. The van der Waals surface area contributed by atoms with Crippen LogP contribution in [0.1, 0.15) is 46.0 Å². The van der Waals surface area contributed by atoms with Crippen LogP contribution in [0.25, 0.3) is 10.9 Å². The molecule has 1 aromatic carbocycles. The Morgan fingerprint density at radius 1 is 1.31 bits per heavy atom. The molecule has 1 aliphatic rings. The largest absolute Gasteiger partial charge is 0.326 e. The van der Waals surface area contributed by atoms with Crippen LogP contribution in [-0.2, 0) is 11.3 Å². The van der Waals surface area contributed by atoms with Crippen molar-refractivity contribution in [3.8, 4) is 6.07 Å². The standard InChI is InChI=1S/C22H28N4O2S/c1-16(2)13-26-20(28)17-9-5-6-10-18(17)24-21(26)29-14-19(27)25(3)22(15-23)11-7-4-8-12-22/h5-6,9-10,16H,4,7-8,11-14H2,1-3H3. The Bertz CT molecular complexity index is 986. The van der Waals surface area contributed by atoms with Gasteiger partial charge in [-0.1, -0.05) is 57.0 Å². The van der Waals surface area contributed by atoms with Gasteiger partial charge in [-0.05, 0) is 30.9 Å². The van der Waals surface area contributed by atoms with E-state index < -0.39 is 5.54 Å². The highest BCUT2D eigenvalue weighted by molar-refractivity contribution is 7.99. The topological polar surface area (TPSA) is 79.0 Å². The fourth-order valence-corrected chi connectivity index (χ4v) is 4.83. The van der Waals surface area contributed by atoms with E-state index in [-0.39, 0.29) is 23.1 Å². The van der Waals surface area contributed by atoms with Crippen LogP contribution in [-0.4, -0.2) is 38.7 Å². The number of thioether (sulfide) groups is 1. The lowest BCUT2D eigenvalue weighted by Gasteiger charge is -2.39.